The molecule has 3 aromatic rings. The molecular formula is C19H18O3S. The third-order valence-corrected chi connectivity index (χ3v) is 4.73. The van der Waals surface area contributed by atoms with Crippen molar-refractivity contribution in [3.63, 3.8) is 0 Å². The van der Waals surface area contributed by atoms with Gasteiger partial charge in [-0.2, -0.15) is 0 Å². The molecule has 0 radical (unpaired) electrons. The molecule has 0 unspecified atom stereocenters. The predicted octanol–water partition coefficient (Wildman–Crippen LogP) is 5.08. The summed E-state index contributed by atoms with van der Waals surface area (Å²) in [6, 6.07) is 13.5. The average molecular weight is 326 g/mol. The molecule has 118 valence electrons. The highest BCUT2D eigenvalue weighted by atomic mass is 32.2. The van der Waals surface area contributed by atoms with Crippen molar-refractivity contribution in [3.05, 3.63) is 64.5 Å². The van der Waals surface area contributed by atoms with Gasteiger partial charge in [0, 0.05) is 11.0 Å². The van der Waals surface area contributed by atoms with E-state index in [1.165, 1.54) is 23.6 Å². The fourth-order valence-corrected chi connectivity index (χ4v) is 3.16. The molecule has 1 heterocycles. The molecule has 0 aliphatic rings. The van der Waals surface area contributed by atoms with E-state index in [0.717, 1.165) is 4.90 Å². The van der Waals surface area contributed by atoms with Crippen molar-refractivity contribution in [2.45, 2.75) is 29.6 Å². The summed E-state index contributed by atoms with van der Waals surface area (Å²) in [4.78, 5) is 14.2. The number of rotatable bonds is 4. The molecule has 0 N–H and O–H groups in total. The third-order valence-electron chi connectivity index (χ3n) is 3.72. The molecule has 2 aromatic carbocycles. The fraction of sp³-hybridized carbons (Fsp3) is 0.211. The predicted molar refractivity (Wildman–Crippen MR) is 93.7 cm³/mol. The van der Waals surface area contributed by atoms with Gasteiger partial charge in [0.1, 0.15) is 17.6 Å². The van der Waals surface area contributed by atoms with Gasteiger partial charge in [-0.1, -0.05) is 37.7 Å². The third kappa shape index (κ3) is 3.27. The van der Waals surface area contributed by atoms with Crippen molar-refractivity contribution >= 4 is 22.7 Å². The van der Waals surface area contributed by atoms with Gasteiger partial charge in [0.15, 0.2) is 0 Å². The van der Waals surface area contributed by atoms with Crippen LogP contribution >= 0.6 is 11.8 Å². The molecular weight excluding hydrogens is 308 g/mol. The van der Waals surface area contributed by atoms with Gasteiger partial charge in [-0.05, 0) is 35.7 Å². The Morgan fingerprint density at radius 3 is 2.48 bits per heavy atom. The van der Waals surface area contributed by atoms with Crippen LogP contribution in [-0.4, -0.2) is 7.11 Å². The first-order chi connectivity index (χ1) is 11.1. The Morgan fingerprint density at radius 1 is 1.09 bits per heavy atom. The highest BCUT2D eigenvalue weighted by molar-refractivity contribution is 7.99. The zero-order valence-electron chi connectivity index (χ0n) is 13.3. The van der Waals surface area contributed by atoms with E-state index in [1.807, 2.05) is 12.1 Å². The molecule has 3 nitrogen and oxygen atoms in total. The average Bonchev–Trinajstić information content (AvgIpc) is 2.57. The second-order valence-corrected chi connectivity index (χ2v) is 6.73. The summed E-state index contributed by atoms with van der Waals surface area (Å²) < 4.78 is 10.8. The molecule has 0 bridgehead atoms. The molecule has 4 heteroatoms. The molecule has 0 aliphatic carbocycles. The van der Waals surface area contributed by atoms with Crippen LogP contribution in [0.5, 0.6) is 5.75 Å². The Balaban J connectivity index is 1.94. The largest absolute Gasteiger partial charge is 0.497 e. The van der Waals surface area contributed by atoms with Gasteiger partial charge in [-0.25, -0.2) is 0 Å². The number of benzene rings is 2. The maximum Gasteiger partial charge on any atom is 0.206 e. The van der Waals surface area contributed by atoms with Crippen molar-refractivity contribution in [1.82, 2.24) is 0 Å². The monoisotopic (exact) mass is 326 g/mol. The molecule has 0 saturated carbocycles. The minimum absolute atomic E-state index is 0.0214. The van der Waals surface area contributed by atoms with Crippen LogP contribution in [0.25, 0.3) is 11.0 Å². The smallest absolute Gasteiger partial charge is 0.206 e. The van der Waals surface area contributed by atoms with E-state index in [2.05, 4.69) is 26.0 Å². The van der Waals surface area contributed by atoms with Crippen LogP contribution in [0.15, 0.2) is 67.7 Å². The fourth-order valence-electron chi connectivity index (χ4n) is 2.34. The van der Waals surface area contributed by atoms with Crippen LogP contribution in [0.1, 0.15) is 25.3 Å². The Bertz CT molecular complexity index is 879. The molecule has 0 amide bonds. The van der Waals surface area contributed by atoms with Gasteiger partial charge in [-0.15, -0.1) is 0 Å². The molecule has 1 aromatic heterocycles. The molecule has 0 spiro atoms. The normalized spacial score (nSPS) is 11.1. The van der Waals surface area contributed by atoms with Gasteiger partial charge in [-0.3, -0.25) is 4.79 Å². The molecule has 23 heavy (non-hydrogen) atoms. The lowest BCUT2D eigenvalue weighted by atomic mass is 10.0. The topological polar surface area (TPSA) is 39.4 Å². The van der Waals surface area contributed by atoms with E-state index >= 15 is 0 Å². The lowest BCUT2D eigenvalue weighted by molar-refractivity contribution is 0.414. The van der Waals surface area contributed by atoms with Crippen molar-refractivity contribution in [3.8, 4) is 5.75 Å². The van der Waals surface area contributed by atoms with Gasteiger partial charge in [0.05, 0.1) is 17.4 Å². The van der Waals surface area contributed by atoms with Crippen molar-refractivity contribution in [2.24, 2.45) is 0 Å². The first-order valence-corrected chi connectivity index (χ1v) is 8.27. The van der Waals surface area contributed by atoms with Crippen molar-refractivity contribution in [2.75, 3.05) is 7.11 Å². The van der Waals surface area contributed by atoms with Crippen LogP contribution in [0.3, 0.4) is 0 Å². The van der Waals surface area contributed by atoms with Gasteiger partial charge in [0.2, 0.25) is 5.43 Å². The highest BCUT2D eigenvalue weighted by Gasteiger charge is 2.10. The number of ether oxygens (including phenoxy) is 1. The lowest BCUT2D eigenvalue weighted by Gasteiger charge is -2.07. The Labute approximate surface area is 139 Å². The quantitative estimate of drug-likeness (QED) is 0.670. The van der Waals surface area contributed by atoms with Gasteiger partial charge >= 0.3 is 0 Å². The van der Waals surface area contributed by atoms with Crippen LogP contribution in [0.2, 0.25) is 0 Å². The summed E-state index contributed by atoms with van der Waals surface area (Å²) in [7, 11) is 1.59. The van der Waals surface area contributed by atoms with E-state index in [-0.39, 0.29) is 5.43 Å². The van der Waals surface area contributed by atoms with Crippen LogP contribution < -0.4 is 10.2 Å². The van der Waals surface area contributed by atoms with Crippen molar-refractivity contribution < 1.29 is 9.15 Å². The number of hydrogen-bond donors (Lipinski definition) is 0. The summed E-state index contributed by atoms with van der Waals surface area (Å²) in [5.74, 6) is 1.17. The van der Waals surface area contributed by atoms with Crippen molar-refractivity contribution in [1.29, 1.82) is 0 Å². The maximum absolute atomic E-state index is 12.6. The summed E-state index contributed by atoms with van der Waals surface area (Å²) in [6.45, 7) is 4.32. The summed E-state index contributed by atoms with van der Waals surface area (Å²) in [5.41, 5.74) is 1.80. The zero-order valence-corrected chi connectivity index (χ0v) is 14.1. The van der Waals surface area contributed by atoms with Crippen LogP contribution in [0, 0.1) is 0 Å². The summed E-state index contributed by atoms with van der Waals surface area (Å²) in [6.07, 6.45) is 1.52. The first kappa shape index (κ1) is 15.7. The highest BCUT2D eigenvalue weighted by Crippen LogP contribution is 2.29. The maximum atomic E-state index is 12.6. The summed E-state index contributed by atoms with van der Waals surface area (Å²) >= 11 is 1.42. The SMILES string of the molecule is COc1ccc2c(=O)c(Sc3ccc(C(C)C)cc3)coc2c1. The number of methoxy groups -OCH3 is 1. The van der Waals surface area contributed by atoms with E-state index in [1.54, 1.807) is 25.3 Å². The Kier molecular flexibility index (Phi) is 4.44. The number of fused-ring (bicyclic) bond motifs is 1. The van der Waals surface area contributed by atoms with E-state index in [0.29, 0.717) is 27.5 Å². The minimum Gasteiger partial charge on any atom is -0.497 e. The minimum atomic E-state index is -0.0214. The molecule has 0 aliphatic heterocycles. The summed E-state index contributed by atoms with van der Waals surface area (Å²) in [5, 5.41) is 0.564. The lowest BCUT2D eigenvalue weighted by Crippen LogP contribution is -2.03. The molecule has 0 atom stereocenters. The van der Waals surface area contributed by atoms with E-state index in [4.69, 9.17) is 9.15 Å². The van der Waals surface area contributed by atoms with Gasteiger partial charge in [0.25, 0.3) is 0 Å². The van der Waals surface area contributed by atoms with Crippen LogP contribution in [0.4, 0.5) is 0 Å². The first-order valence-electron chi connectivity index (χ1n) is 7.46. The standard InChI is InChI=1S/C19H18O3S/c1-12(2)13-4-7-15(8-5-13)23-18-11-22-17-10-14(21-3)6-9-16(17)19(18)20/h4-12H,1-3H3. The number of hydrogen-bond acceptors (Lipinski definition) is 4. The Morgan fingerprint density at radius 2 is 1.83 bits per heavy atom. The van der Waals surface area contributed by atoms with Crippen LogP contribution in [-0.2, 0) is 0 Å². The van der Waals surface area contributed by atoms with E-state index < -0.39 is 0 Å². The second-order valence-electron chi connectivity index (χ2n) is 5.62. The van der Waals surface area contributed by atoms with Gasteiger partial charge < -0.3 is 9.15 Å². The Hall–Kier alpha value is -2.20. The zero-order chi connectivity index (χ0) is 16.4. The molecule has 0 saturated heterocycles. The second kappa shape index (κ2) is 6.50. The molecule has 0 fully saturated rings. The van der Waals surface area contributed by atoms with E-state index in [9.17, 15) is 4.79 Å². The molecule has 3 rings (SSSR count).